The van der Waals surface area contributed by atoms with Gasteiger partial charge in [-0.2, -0.15) is 0 Å². The van der Waals surface area contributed by atoms with Gasteiger partial charge in [-0.1, -0.05) is 29.3 Å². The molecule has 0 atom stereocenters. The zero-order valence-corrected chi connectivity index (χ0v) is 11.4. The van der Waals surface area contributed by atoms with Gasteiger partial charge in [0.05, 0.1) is 0 Å². The van der Waals surface area contributed by atoms with Crippen molar-refractivity contribution in [2.75, 3.05) is 11.9 Å². The molecule has 0 saturated carbocycles. The molecule has 19 heavy (non-hydrogen) atoms. The van der Waals surface area contributed by atoms with Gasteiger partial charge in [-0.25, -0.2) is 0 Å². The van der Waals surface area contributed by atoms with Crippen molar-refractivity contribution in [2.24, 2.45) is 0 Å². The molecule has 0 unspecified atom stereocenters. The van der Waals surface area contributed by atoms with Crippen LogP contribution in [0.3, 0.4) is 0 Å². The molecule has 0 aliphatic heterocycles. The summed E-state index contributed by atoms with van der Waals surface area (Å²) < 4.78 is 5.32. The predicted octanol–water partition coefficient (Wildman–Crippen LogP) is 4.01. The van der Waals surface area contributed by atoms with E-state index in [2.05, 4.69) is 5.32 Å². The van der Waals surface area contributed by atoms with Crippen LogP contribution in [0.1, 0.15) is 0 Å². The van der Waals surface area contributed by atoms with E-state index in [1.807, 2.05) is 0 Å². The monoisotopic (exact) mass is 295 g/mol. The largest absolute Gasteiger partial charge is 0.484 e. The van der Waals surface area contributed by atoms with Crippen molar-refractivity contribution in [3.8, 4) is 5.75 Å². The summed E-state index contributed by atoms with van der Waals surface area (Å²) in [7, 11) is 0. The molecule has 0 saturated heterocycles. The highest BCUT2D eigenvalue weighted by Crippen LogP contribution is 2.16. The molecule has 5 heteroatoms. The van der Waals surface area contributed by atoms with Crippen LogP contribution < -0.4 is 10.1 Å². The van der Waals surface area contributed by atoms with Crippen LogP contribution in [-0.2, 0) is 4.79 Å². The zero-order valence-electron chi connectivity index (χ0n) is 9.90. The molecule has 0 radical (unpaired) electrons. The molecule has 0 spiro atoms. The van der Waals surface area contributed by atoms with Crippen molar-refractivity contribution < 1.29 is 9.53 Å². The summed E-state index contributed by atoms with van der Waals surface area (Å²) in [6.07, 6.45) is 0. The highest BCUT2D eigenvalue weighted by atomic mass is 35.5. The number of amides is 1. The van der Waals surface area contributed by atoms with Crippen molar-refractivity contribution >= 4 is 34.8 Å². The molecule has 0 aliphatic carbocycles. The average Bonchev–Trinajstić information content (AvgIpc) is 2.38. The number of hydrogen-bond acceptors (Lipinski definition) is 2. The molecule has 0 aromatic heterocycles. The number of hydrogen-bond donors (Lipinski definition) is 1. The maximum Gasteiger partial charge on any atom is 0.262 e. The number of rotatable bonds is 4. The highest BCUT2D eigenvalue weighted by Gasteiger charge is 2.04. The molecule has 0 fully saturated rings. The molecule has 0 bridgehead atoms. The smallest absolute Gasteiger partial charge is 0.262 e. The topological polar surface area (TPSA) is 38.3 Å². The van der Waals surface area contributed by atoms with Gasteiger partial charge in [0, 0.05) is 15.7 Å². The van der Waals surface area contributed by atoms with E-state index in [0.717, 1.165) is 0 Å². The lowest BCUT2D eigenvalue weighted by atomic mass is 10.3. The maximum absolute atomic E-state index is 11.7. The van der Waals surface area contributed by atoms with Crippen LogP contribution in [-0.4, -0.2) is 12.5 Å². The molecule has 2 rings (SSSR count). The second-order valence-electron chi connectivity index (χ2n) is 3.80. The third-order valence-corrected chi connectivity index (χ3v) is 2.78. The van der Waals surface area contributed by atoms with E-state index in [1.165, 1.54) is 0 Å². The number of ether oxygens (including phenoxy) is 1. The number of anilines is 1. The first-order valence-electron chi connectivity index (χ1n) is 5.57. The van der Waals surface area contributed by atoms with Crippen LogP contribution >= 0.6 is 23.2 Å². The Morgan fingerprint density at radius 1 is 1.05 bits per heavy atom. The molecule has 3 nitrogen and oxygen atoms in total. The molecule has 1 amide bonds. The van der Waals surface area contributed by atoms with E-state index in [9.17, 15) is 4.79 Å². The first-order chi connectivity index (χ1) is 9.13. The second-order valence-corrected chi connectivity index (χ2v) is 4.67. The van der Waals surface area contributed by atoms with Gasteiger partial charge in [-0.15, -0.1) is 0 Å². The fraction of sp³-hybridized carbons (Fsp3) is 0.0714. The third kappa shape index (κ3) is 4.47. The Balaban J connectivity index is 1.86. The minimum absolute atomic E-state index is 0.0753. The van der Waals surface area contributed by atoms with Crippen LogP contribution in [0.15, 0.2) is 48.5 Å². The average molecular weight is 296 g/mol. The molecule has 0 aliphatic rings. The summed E-state index contributed by atoms with van der Waals surface area (Å²) in [4.78, 5) is 11.7. The Morgan fingerprint density at radius 2 is 1.79 bits per heavy atom. The summed E-state index contributed by atoms with van der Waals surface area (Å²) in [6, 6.07) is 13.7. The van der Waals surface area contributed by atoms with Gasteiger partial charge in [0.1, 0.15) is 5.75 Å². The normalized spacial score (nSPS) is 10.0. The number of carbonyl (C=O) groups is 1. The summed E-state index contributed by atoms with van der Waals surface area (Å²) in [5.74, 6) is 0.336. The molecule has 2 aromatic carbocycles. The number of carbonyl (C=O) groups excluding carboxylic acids is 1. The van der Waals surface area contributed by atoms with Crippen LogP contribution in [0, 0.1) is 0 Å². The second kappa shape index (κ2) is 6.45. The van der Waals surface area contributed by atoms with Gasteiger partial charge in [0.25, 0.3) is 5.91 Å². The summed E-state index contributed by atoms with van der Waals surface area (Å²) in [5, 5.41) is 3.88. The first kappa shape index (κ1) is 13.7. The molecular weight excluding hydrogens is 285 g/mol. The Labute approximate surface area is 121 Å². The van der Waals surface area contributed by atoms with Crippen molar-refractivity contribution in [3.05, 3.63) is 58.6 Å². The van der Waals surface area contributed by atoms with Gasteiger partial charge in [0.15, 0.2) is 6.61 Å². The van der Waals surface area contributed by atoms with Gasteiger partial charge in [-0.3, -0.25) is 4.79 Å². The number of nitrogens with one attached hydrogen (secondary N) is 1. The van der Waals surface area contributed by atoms with E-state index in [1.54, 1.807) is 48.5 Å². The fourth-order valence-electron chi connectivity index (χ4n) is 1.44. The van der Waals surface area contributed by atoms with E-state index in [-0.39, 0.29) is 12.5 Å². The summed E-state index contributed by atoms with van der Waals surface area (Å²) >= 11 is 11.6. The van der Waals surface area contributed by atoms with Crippen LogP contribution in [0.2, 0.25) is 10.0 Å². The van der Waals surface area contributed by atoms with Crippen LogP contribution in [0.5, 0.6) is 5.75 Å². The van der Waals surface area contributed by atoms with Gasteiger partial charge in [-0.05, 0) is 42.5 Å². The lowest BCUT2D eigenvalue weighted by Crippen LogP contribution is -2.20. The summed E-state index contributed by atoms with van der Waals surface area (Å²) in [5.41, 5.74) is 0.636. The highest BCUT2D eigenvalue weighted by molar-refractivity contribution is 6.31. The first-order valence-corrected chi connectivity index (χ1v) is 6.33. The number of benzene rings is 2. The Morgan fingerprint density at radius 3 is 2.47 bits per heavy atom. The van der Waals surface area contributed by atoms with Crippen molar-refractivity contribution in [1.29, 1.82) is 0 Å². The molecule has 98 valence electrons. The Hall–Kier alpha value is -1.71. The summed E-state index contributed by atoms with van der Waals surface area (Å²) in [6.45, 7) is -0.0753. The van der Waals surface area contributed by atoms with Gasteiger partial charge < -0.3 is 10.1 Å². The quantitative estimate of drug-likeness (QED) is 0.925. The molecular formula is C14H11Cl2NO2. The minimum atomic E-state index is -0.253. The van der Waals surface area contributed by atoms with E-state index < -0.39 is 0 Å². The maximum atomic E-state index is 11.7. The Bertz CT molecular complexity index is 570. The lowest BCUT2D eigenvalue weighted by Gasteiger charge is -2.07. The molecule has 2 aromatic rings. The Kier molecular flexibility index (Phi) is 4.66. The SMILES string of the molecule is O=C(COc1ccc(Cl)cc1)Nc1cccc(Cl)c1. The number of halogens is 2. The minimum Gasteiger partial charge on any atom is -0.484 e. The van der Waals surface area contributed by atoms with E-state index in [4.69, 9.17) is 27.9 Å². The molecule has 1 N–H and O–H groups in total. The van der Waals surface area contributed by atoms with Crippen molar-refractivity contribution in [1.82, 2.24) is 0 Å². The standard InChI is InChI=1S/C14H11Cl2NO2/c15-10-4-6-13(7-5-10)19-9-14(18)17-12-3-1-2-11(16)8-12/h1-8H,9H2,(H,17,18). The zero-order chi connectivity index (χ0) is 13.7. The fourth-order valence-corrected chi connectivity index (χ4v) is 1.76. The van der Waals surface area contributed by atoms with E-state index >= 15 is 0 Å². The van der Waals surface area contributed by atoms with Crippen molar-refractivity contribution in [3.63, 3.8) is 0 Å². The van der Waals surface area contributed by atoms with E-state index in [0.29, 0.717) is 21.5 Å². The van der Waals surface area contributed by atoms with Crippen LogP contribution in [0.25, 0.3) is 0 Å². The third-order valence-electron chi connectivity index (χ3n) is 2.29. The lowest BCUT2D eigenvalue weighted by molar-refractivity contribution is -0.118. The van der Waals surface area contributed by atoms with Gasteiger partial charge in [0.2, 0.25) is 0 Å². The van der Waals surface area contributed by atoms with Crippen LogP contribution in [0.4, 0.5) is 5.69 Å². The predicted molar refractivity (Wildman–Crippen MR) is 77.0 cm³/mol. The molecule has 0 heterocycles. The van der Waals surface area contributed by atoms with Crippen molar-refractivity contribution in [2.45, 2.75) is 0 Å². The van der Waals surface area contributed by atoms with Gasteiger partial charge >= 0.3 is 0 Å².